The van der Waals surface area contributed by atoms with Crippen LogP contribution in [0.1, 0.15) is 63.4 Å². The lowest BCUT2D eigenvalue weighted by molar-refractivity contribution is 0.304. The van der Waals surface area contributed by atoms with Gasteiger partial charge in [-0.1, -0.05) is 50.5 Å². The highest BCUT2D eigenvalue weighted by Crippen LogP contribution is 2.38. The standard InChI is InChI=1S/C23H25F2NS/c1-2-3-4-16-5-7-17(8-6-16)18-9-11-19(12-10-18)23-21(24)13-20(26-15-27)14-22(23)25/h9-14,16-17H,2-8H2,1H3. The summed E-state index contributed by atoms with van der Waals surface area (Å²) in [5.74, 6) is 0.162. The molecule has 4 heteroatoms. The van der Waals surface area contributed by atoms with Gasteiger partial charge < -0.3 is 0 Å². The molecular weight excluding hydrogens is 360 g/mol. The van der Waals surface area contributed by atoms with Gasteiger partial charge in [0, 0.05) is 12.1 Å². The molecule has 2 aromatic carbocycles. The van der Waals surface area contributed by atoms with E-state index in [2.05, 4.69) is 29.3 Å². The van der Waals surface area contributed by atoms with Crippen molar-refractivity contribution in [2.75, 3.05) is 0 Å². The maximum Gasteiger partial charge on any atom is 0.136 e. The van der Waals surface area contributed by atoms with E-state index < -0.39 is 11.6 Å². The maximum absolute atomic E-state index is 14.4. The number of halogens is 2. The van der Waals surface area contributed by atoms with Crippen molar-refractivity contribution in [3.8, 4) is 11.1 Å². The van der Waals surface area contributed by atoms with Crippen LogP contribution in [0.5, 0.6) is 0 Å². The molecule has 1 nitrogen and oxygen atoms in total. The number of benzene rings is 2. The fourth-order valence-corrected chi connectivity index (χ4v) is 4.26. The Morgan fingerprint density at radius 3 is 2.22 bits per heavy atom. The summed E-state index contributed by atoms with van der Waals surface area (Å²) >= 11 is 4.49. The molecule has 1 aliphatic carbocycles. The molecule has 0 aromatic heterocycles. The summed E-state index contributed by atoms with van der Waals surface area (Å²) < 4.78 is 28.7. The highest BCUT2D eigenvalue weighted by molar-refractivity contribution is 7.78. The number of nitrogens with zero attached hydrogens (tertiary/aromatic N) is 1. The Morgan fingerprint density at radius 1 is 1.04 bits per heavy atom. The number of aliphatic imine (C=N–C) groups is 1. The molecule has 0 heterocycles. The number of hydrogen-bond donors (Lipinski definition) is 0. The van der Waals surface area contributed by atoms with Gasteiger partial charge in [0.2, 0.25) is 0 Å². The van der Waals surface area contributed by atoms with Crippen molar-refractivity contribution in [2.45, 2.75) is 57.8 Å². The first kappa shape index (κ1) is 19.9. The molecule has 0 amide bonds. The lowest BCUT2D eigenvalue weighted by atomic mass is 9.77. The zero-order chi connectivity index (χ0) is 19.2. The minimum Gasteiger partial charge on any atom is -0.206 e. The largest absolute Gasteiger partial charge is 0.206 e. The Bertz CT molecular complexity index is 794. The van der Waals surface area contributed by atoms with Crippen LogP contribution < -0.4 is 0 Å². The summed E-state index contributed by atoms with van der Waals surface area (Å²) in [7, 11) is 0. The summed E-state index contributed by atoms with van der Waals surface area (Å²) in [6, 6.07) is 10.1. The van der Waals surface area contributed by atoms with Gasteiger partial charge in [0.1, 0.15) is 11.6 Å². The van der Waals surface area contributed by atoms with E-state index >= 15 is 0 Å². The second-order valence-electron chi connectivity index (χ2n) is 7.47. The van der Waals surface area contributed by atoms with Gasteiger partial charge in [0.15, 0.2) is 0 Å². The summed E-state index contributed by atoms with van der Waals surface area (Å²) in [5, 5.41) is 2.13. The smallest absolute Gasteiger partial charge is 0.136 e. The predicted molar refractivity (Wildman–Crippen MR) is 111 cm³/mol. The molecule has 0 saturated heterocycles. The highest BCUT2D eigenvalue weighted by Gasteiger charge is 2.22. The van der Waals surface area contributed by atoms with Gasteiger partial charge in [-0.05, 0) is 60.9 Å². The summed E-state index contributed by atoms with van der Waals surface area (Å²) in [6.45, 7) is 2.25. The van der Waals surface area contributed by atoms with E-state index in [0.717, 1.165) is 5.92 Å². The van der Waals surface area contributed by atoms with E-state index in [-0.39, 0.29) is 11.3 Å². The average molecular weight is 386 g/mol. The molecule has 0 unspecified atom stereocenters. The van der Waals surface area contributed by atoms with Crippen LogP contribution in [0.3, 0.4) is 0 Å². The fraction of sp³-hybridized carbons (Fsp3) is 0.435. The lowest BCUT2D eigenvalue weighted by Crippen LogP contribution is -2.13. The Kier molecular flexibility index (Phi) is 6.87. The van der Waals surface area contributed by atoms with Crippen LogP contribution in [0.15, 0.2) is 41.4 Å². The number of unbranched alkanes of at least 4 members (excludes halogenated alkanes) is 1. The molecular formula is C23H25F2NS. The Balaban J connectivity index is 1.72. The van der Waals surface area contributed by atoms with Gasteiger partial charge >= 0.3 is 0 Å². The fourth-order valence-electron chi connectivity index (χ4n) is 4.15. The van der Waals surface area contributed by atoms with Crippen molar-refractivity contribution < 1.29 is 8.78 Å². The van der Waals surface area contributed by atoms with Gasteiger partial charge in [-0.2, -0.15) is 4.99 Å². The van der Waals surface area contributed by atoms with Crippen molar-refractivity contribution in [2.24, 2.45) is 10.9 Å². The molecule has 0 atom stereocenters. The molecule has 0 bridgehead atoms. The Hall–Kier alpha value is -1.90. The maximum atomic E-state index is 14.4. The second-order valence-corrected chi connectivity index (χ2v) is 7.65. The molecule has 27 heavy (non-hydrogen) atoms. The van der Waals surface area contributed by atoms with E-state index in [1.165, 1.54) is 62.6 Å². The first-order chi connectivity index (χ1) is 13.1. The molecule has 142 valence electrons. The summed E-state index contributed by atoms with van der Waals surface area (Å²) in [6.07, 6.45) is 8.95. The van der Waals surface area contributed by atoms with Crippen molar-refractivity contribution >= 4 is 23.1 Å². The van der Waals surface area contributed by atoms with E-state index in [9.17, 15) is 8.78 Å². The molecule has 1 fully saturated rings. The Labute approximate surface area is 165 Å². The van der Waals surface area contributed by atoms with Crippen LogP contribution in [0, 0.1) is 17.6 Å². The first-order valence-electron chi connectivity index (χ1n) is 9.79. The zero-order valence-corrected chi connectivity index (χ0v) is 16.5. The third-order valence-corrected chi connectivity index (χ3v) is 5.78. The molecule has 0 radical (unpaired) electrons. The minimum absolute atomic E-state index is 0.0202. The second kappa shape index (κ2) is 9.34. The van der Waals surface area contributed by atoms with Gasteiger partial charge in [-0.15, -0.1) is 0 Å². The molecule has 0 N–H and O–H groups in total. The van der Waals surface area contributed by atoms with E-state index in [0.29, 0.717) is 11.5 Å². The predicted octanol–water partition coefficient (Wildman–Crippen LogP) is 7.83. The number of hydrogen-bond acceptors (Lipinski definition) is 2. The molecule has 3 rings (SSSR count). The SMILES string of the molecule is CCCCC1CCC(c2ccc(-c3c(F)cc(N=C=S)cc3F)cc2)CC1. The van der Waals surface area contributed by atoms with Crippen molar-refractivity contribution in [3.63, 3.8) is 0 Å². The van der Waals surface area contributed by atoms with Crippen LogP contribution in [-0.2, 0) is 0 Å². The van der Waals surface area contributed by atoms with Crippen LogP contribution in [0.4, 0.5) is 14.5 Å². The molecule has 0 aliphatic heterocycles. The van der Waals surface area contributed by atoms with Gasteiger partial charge in [-0.3, -0.25) is 0 Å². The van der Waals surface area contributed by atoms with Gasteiger partial charge in [0.05, 0.1) is 16.4 Å². The van der Waals surface area contributed by atoms with Gasteiger partial charge in [-0.25, -0.2) is 8.78 Å². The van der Waals surface area contributed by atoms with Crippen molar-refractivity contribution in [3.05, 3.63) is 53.6 Å². The van der Waals surface area contributed by atoms with Crippen molar-refractivity contribution in [1.82, 2.24) is 0 Å². The number of isothiocyanates is 1. The van der Waals surface area contributed by atoms with Crippen molar-refractivity contribution in [1.29, 1.82) is 0 Å². The zero-order valence-electron chi connectivity index (χ0n) is 15.7. The first-order valence-corrected chi connectivity index (χ1v) is 10.2. The Morgan fingerprint density at radius 2 is 1.67 bits per heavy atom. The molecule has 1 saturated carbocycles. The van der Waals surface area contributed by atoms with Crippen LogP contribution in [0.25, 0.3) is 11.1 Å². The van der Waals surface area contributed by atoms with Gasteiger partial charge in [0.25, 0.3) is 0 Å². The highest BCUT2D eigenvalue weighted by atomic mass is 32.1. The van der Waals surface area contributed by atoms with E-state index in [4.69, 9.17) is 0 Å². The topological polar surface area (TPSA) is 12.4 Å². The van der Waals surface area contributed by atoms with Crippen LogP contribution in [0.2, 0.25) is 0 Å². The normalized spacial score (nSPS) is 19.5. The number of rotatable bonds is 6. The van der Waals surface area contributed by atoms with E-state index in [1.807, 2.05) is 24.3 Å². The third kappa shape index (κ3) is 4.88. The quantitative estimate of drug-likeness (QED) is 0.364. The average Bonchev–Trinajstić information content (AvgIpc) is 2.67. The van der Waals surface area contributed by atoms with Crippen LogP contribution >= 0.6 is 12.2 Å². The summed E-state index contributed by atoms with van der Waals surface area (Å²) in [5.41, 5.74) is 1.94. The monoisotopic (exact) mass is 385 g/mol. The lowest BCUT2D eigenvalue weighted by Gasteiger charge is -2.29. The third-order valence-electron chi connectivity index (χ3n) is 5.69. The molecule has 2 aromatic rings. The van der Waals surface area contributed by atoms with Crippen LogP contribution in [-0.4, -0.2) is 5.16 Å². The summed E-state index contributed by atoms with van der Waals surface area (Å²) in [4.78, 5) is 3.65. The molecule has 1 aliphatic rings. The van der Waals surface area contributed by atoms with E-state index in [1.54, 1.807) is 0 Å². The minimum atomic E-state index is -0.636. The molecule has 0 spiro atoms. The number of thiocarbonyl (C=S) groups is 1.